The summed E-state index contributed by atoms with van der Waals surface area (Å²) in [6.45, 7) is 1.78. The summed E-state index contributed by atoms with van der Waals surface area (Å²) in [6.07, 6.45) is 0. The Morgan fingerprint density at radius 1 is 1.11 bits per heavy atom. The molecule has 0 heterocycles. The zero-order valence-electron chi connectivity index (χ0n) is 10.8. The van der Waals surface area contributed by atoms with E-state index in [0.717, 1.165) is 16.8 Å². The van der Waals surface area contributed by atoms with Crippen molar-refractivity contribution in [3.8, 4) is 0 Å². The molecule has 0 radical (unpaired) electrons. The van der Waals surface area contributed by atoms with E-state index in [2.05, 4.69) is 5.32 Å². The highest BCUT2D eigenvalue weighted by molar-refractivity contribution is 5.95. The molecular formula is C16H17NO2. The molecule has 0 aliphatic carbocycles. The molecule has 0 saturated carbocycles. The van der Waals surface area contributed by atoms with Gasteiger partial charge in [-0.15, -0.1) is 0 Å². The predicted octanol–water partition coefficient (Wildman–Crippen LogP) is 2.71. The molecule has 0 spiro atoms. The molecule has 2 aromatic rings. The number of rotatable bonds is 4. The van der Waals surface area contributed by atoms with Crippen molar-refractivity contribution in [2.75, 3.05) is 11.9 Å². The molecule has 0 saturated heterocycles. The van der Waals surface area contributed by atoms with Crippen LogP contribution in [0.1, 0.15) is 17.0 Å². The van der Waals surface area contributed by atoms with Gasteiger partial charge in [0.05, 0.1) is 12.5 Å². The minimum Gasteiger partial charge on any atom is -0.395 e. The van der Waals surface area contributed by atoms with Crippen LogP contribution >= 0.6 is 0 Å². The van der Waals surface area contributed by atoms with E-state index in [-0.39, 0.29) is 12.5 Å². The summed E-state index contributed by atoms with van der Waals surface area (Å²) in [7, 11) is 0. The number of carbonyl (C=O) groups is 1. The normalized spacial score (nSPS) is 11.9. The van der Waals surface area contributed by atoms with Crippen LogP contribution in [-0.2, 0) is 4.79 Å². The molecule has 0 aliphatic rings. The van der Waals surface area contributed by atoms with Crippen molar-refractivity contribution in [1.82, 2.24) is 0 Å². The second kappa shape index (κ2) is 6.16. The van der Waals surface area contributed by atoms with Crippen molar-refractivity contribution in [3.05, 3.63) is 65.7 Å². The average molecular weight is 255 g/mol. The number of hydrogen-bond donors (Lipinski definition) is 2. The highest BCUT2D eigenvalue weighted by Gasteiger charge is 2.19. The molecule has 19 heavy (non-hydrogen) atoms. The largest absolute Gasteiger partial charge is 0.395 e. The number of aryl methyl sites for hydroxylation is 1. The summed E-state index contributed by atoms with van der Waals surface area (Å²) in [5, 5.41) is 12.2. The second-order valence-electron chi connectivity index (χ2n) is 4.50. The third-order valence-electron chi connectivity index (χ3n) is 3.02. The fourth-order valence-electron chi connectivity index (χ4n) is 1.89. The first-order valence-corrected chi connectivity index (χ1v) is 6.24. The molecule has 3 nitrogen and oxygen atoms in total. The van der Waals surface area contributed by atoms with Gasteiger partial charge in [-0.3, -0.25) is 4.79 Å². The summed E-state index contributed by atoms with van der Waals surface area (Å²) in [5.74, 6) is -0.738. The Morgan fingerprint density at radius 2 is 1.74 bits per heavy atom. The van der Waals surface area contributed by atoms with Gasteiger partial charge in [0, 0.05) is 5.69 Å². The topological polar surface area (TPSA) is 49.3 Å². The number of carbonyl (C=O) groups excluding carboxylic acids is 1. The van der Waals surface area contributed by atoms with Gasteiger partial charge in [0.1, 0.15) is 0 Å². The first kappa shape index (κ1) is 13.3. The Morgan fingerprint density at radius 3 is 2.32 bits per heavy atom. The maximum absolute atomic E-state index is 12.2. The van der Waals surface area contributed by atoms with Gasteiger partial charge < -0.3 is 10.4 Å². The quantitative estimate of drug-likeness (QED) is 0.882. The van der Waals surface area contributed by atoms with Gasteiger partial charge in [-0.25, -0.2) is 0 Å². The lowest BCUT2D eigenvalue weighted by molar-refractivity contribution is -0.118. The molecule has 3 heteroatoms. The van der Waals surface area contributed by atoms with E-state index in [4.69, 9.17) is 0 Å². The van der Waals surface area contributed by atoms with Gasteiger partial charge >= 0.3 is 0 Å². The van der Waals surface area contributed by atoms with E-state index in [1.54, 1.807) is 0 Å². The van der Waals surface area contributed by atoms with Crippen LogP contribution in [0.4, 0.5) is 5.69 Å². The second-order valence-corrected chi connectivity index (χ2v) is 4.50. The molecule has 1 unspecified atom stereocenters. The zero-order chi connectivity index (χ0) is 13.7. The standard InChI is InChI=1S/C16H17NO2/c1-12-7-9-13(10-8-12)15(11-18)16(19)17-14-5-3-2-4-6-14/h2-10,15,18H,11H2,1H3,(H,17,19). The number of hydrogen-bond acceptors (Lipinski definition) is 2. The molecule has 0 fully saturated rings. The lowest BCUT2D eigenvalue weighted by Crippen LogP contribution is -2.23. The summed E-state index contributed by atoms with van der Waals surface area (Å²) < 4.78 is 0. The molecule has 98 valence electrons. The van der Waals surface area contributed by atoms with Gasteiger partial charge in [-0.2, -0.15) is 0 Å². The first-order chi connectivity index (χ1) is 9.20. The van der Waals surface area contributed by atoms with E-state index in [0.29, 0.717) is 0 Å². The van der Waals surface area contributed by atoms with Gasteiger partial charge in [0.25, 0.3) is 0 Å². The summed E-state index contributed by atoms with van der Waals surface area (Å²) in [6, 6.07) is 16.9. The van der Waals surface area contributed by atoms with E-state index in [9.17, 15) is 9.90 Å². The van der Waals surface area contributed by atoms with Crippen molar-refractivity contribution in [3.63, 3.8) is 0 Å². The van der Waals surface area contributed by atoms with Crippen LogP contribution < -0.4 is 5.32 Å². The van der Waals surface area contributed by atoms with Crippen LogP contribution in [0.5, 0.6) is 0 Å². The maximum Gasteiger partial charge on any atom is 0.234 e. The minimum atomic E-state index is -0.541. The number of benzene rings is 2. The SMILES string of the molecule is Cc1ccc(C(CO)C(=O)Nc2ccccc2)cc1. The van der Waals surface area contributed by atoms with E-state index in [1.165, 1.54) is 0 Å². The molecule has 0 aromatic heterocycles. The first-order valence-electron chi connectivity index (χ1n) is 6.24. The Labute approximate surface area is 112 Å². The number of aliphatic hydroxyl groups excluding tert-OH is 1. The Hall–Kier alpha value is -2.13. The Bertz CT molecular complexity index is 534. The summed E-state index contributed by atoms with van der Waals surface area (Å²) >= 11 is 0. The maximum atomic E-state index is 12.2. The summed E-state index contributed by atoms with van der Waals surface area (Å²) in [5.41, 5.74) is 2.68. The van der Waals surface area contributed by atoms with Crippen molar-refractivity contribution in [2.45, 2.75) is 12.8 Å². The third-order valence-corrected chi connectivity index (χ3v) is 3.02. The van der Waals surface area contributed by atoms with Crippen LogP contribution in [0.2, 0.25) is 0 Å². The molecule has 2 rings (SSSR count). The highest BCUT2D eigenvalue weighted by Crippen LogP contribution is 2.18. The van der Waals surface area contributed by atoms with E-state index >= 15 is 0 Å². The predicted molar refractivity (Wildman–Crippen MR) is 76.1 cm³/mol. The molecule has 1 atom stereocenters. The average Bonchev–Trinajstić information content (AvgIpc) is 2.43. The van der Waals surface area contributed by atoms with Crippen LogP contribution in [-0.4, -0.2) is 17.6 Å². The Kier molecular flexibility index (Phi) is 4.31. The van der Waals surface area contributed by atoms with Crippen molar-refractivity contribution in [2.24, 2.45) is 0 Å². The van der Waals surface area contributed by atoms with Gasteiger partial charge in [0.2, 0.25) is 5.91 Å². The van der Waals surface area contributed by atoms with Crippen LogP contribution in [0.15, 0.2) is 54.6 Å². The fraction of sp³-hybridized carbons (Fsp3) is 0.188. The van der Waals surface area contributed by atoms with Crippen LogP contribution in [0.3, 0.4) is 0 Å². The zero-order valence-corrected chi connectivity index (χ0v) is 10.8. The van der Waals surface area contributed by atoms with Crippen molar-refractivity contribution in [1.29, 1.82) is 0 Å². The van der Waals surface area contributed by atoms with Crippen LogP contribution in [0.25, 0.3) is 0 Å². The number of aliphatic hydroxyl groups is 1. The van der Waals surface area contributed by atoms with Crippen LogP contribution in [0, 0.1) is 6.92 Å². The molecule has 0 aliphatic heterocycles. The molecule has 2 N–H and O–H groups in total. The van der Waals surface area contributed by atoms with Gasteiger partial charge in [0.15, 0.2) is 0 Å². The van der Waals surface area contributed by atoms with E-state index in [1.807, 2.05) is 61.5 Å². The third kappa shape index (κ3) is 3.42. The number of para-hydroxylation sites is 1. The molecular weight excluding hydrogens is 238 g/mol. The van der Waals surface area contributed by atoms with E-state index < -0.39 is 5.92 Å². The molecule has 2 aromatic carbocycles. The van der Waals surface area contributed by atoms with Crippen molar-refractivity contribution < 1.29 is 9.90 Å². The Balaban J connectivity index is 2.13. The van der Waals surface area contributed by atoms with Crippen molar-refractivity contribution >= 4 is 11.6 Å². The highest BCUT2D eigenvalue weighted by atomic mass is 16.3. The lowest BCUT2D eigenvalue weighted by Gasteiger charge is -2.15. The lowest BCUT2D eigenvalue weighted by atomic mass is 9.98. The number of anilines is 1. The van der Waals surface area contributed by atoms with Gasteiger partial charge in [-0.1, -0.05) is 48.0 Å². The monoisotopic (exact) mass is 255 g/mol. The molecule has 0 bridgehead atoms. The summed E-state index contributed by atoms with van der Waals surface area (Å²) in [4.78, 5) is 12.2. The number of nitrogens with one attached hydrogen (secondary N) is 1. The smallest absolute Gasteiger partial charge is 0.234 e. The minimum absolute atomic E-state index is 0.197. The molecule has 1 amide bonds. The fourth-order valence-corrected chi connectivity index (χ4v) is 1.89. The number of amides is 1. The van der Waals surface area contributed by atoms with Gasteiger partial charge in [-0.05, 0) is 24.6 Å².